The molecule has 1 aromatic rings. The zero-order valence-electron chi connectivity index (χ0n) is 8.96. The maximum absolute atomic E-state index is 13.3. The molecule has 2 nitrogen and oxygen atoms in total. The fraction of sp³-hybridized carbons (Fsp3) is 0.455. The van der Waals surface area contributed by atoms with Gasteiger partial charge >= 0.3 is 0 Å². The van der Waals surface area contributed by atoms with Gasteiger partial charge in [0.1, 0.15) is 5.82 Å². The molecule has 0 heterocycles. The van der Waals surface area contributed by atoms with Crippen LogP contribution in [0.1, 0.15) is 24.1 Å². The van der Waals surface area contributed by atoms with Crippen molar-refractivity contribution in [3.8, 4) is 0 Å². The molecule has 0 fully saturated rings. The average molecular weight is 229 g/mol. The highest BCUT2D eigenvalue weighted by Gasteiger charge is 2.10. The van der Waals surface area contributed by atoms with E-state index in [9.17, 15) is 4.39 Å². The fourth-order valence-electron chi connectivity index (χ4n) is 1.31. The summed E-state index contributed by atoms with van der Waals surface area (Å²) in [5.74, 6) is 0.376. The number of benzene rings is 1. The molecule has 0 amide bonds. The Morgan fingerprint density at radius 1 is 1.53 bits per heavy atom. The predicted molar refractivity (Wildman–Crippen MR) is 61.5 cm³/mol. The summed E-state index contributed by atoms with van der Waals surface area (Å²) in [6.07, 6.45) is 0. The van der Waals surface area contributed by atoms with E-state index in [1.165, 1.54) is 17.8 Å². The van der Waals surface area contributed by atoms with E-state index < -0.39 is 0 Å². The van der Waals surface area contributed by atoms with Gasteiger partial charge in [0, 0.05) is 16.7 Å². The van der Waals surface area contributed by atoms with Crippen LogP contribution >= 0.6 is 11.8 Å². The molecule has 0 aliphatic heterocycles. The number of hydrogen-bond donors (Lipinski definition) is 2. The molecule has 0 spiro atoms. The van der Waals surface area contributed by atoms with Crippen molar-refractivity contribution in [1.29, 1.82) is 0 Å². The van der Waals surface area contributed by atoms with Crippen LogP contribution in [-0.4, -0.2) is 17.5 Å². The smallest absolute Gasteiger partial charge is 0.126 e. The summed E-state index contributed by atoms with van der Waals surface area (Å²) in [7, 11) is 0. The lowest BCUT2D eigenvalue weighted by molar-refractivity contribution is 0.322. The van der Waals surface area contributed by atoms with E-state index in [1.54, 1.807) is 13.0 Å². The maximum atomic E-state index is 13.3. The highest BCUT2D eigenvalue weighted by Crippen LogP contribution is 2.28. The Kier molecular flexibility index (Phi) is 4.57. The van der Waals surface area contributed by atoms with Gasteiger partial charge in [0.05, 0.1) is 6.61 Å². The maximum Gasteiger partial charge on any atom is 0.126 e. The van der Waals surface area contributed by atoms with Crippen molar-refractivity contribution in [3.63, 3.8) is 0 Å². The predicted octanol–water partition coefficient (Wildman–Crippen LogP) is 2.24. The van der Waals surface area contributed by atoms with Gasteiger partial charge in [-0.1, -0.05) is 0 Å². The largest absolute Gasteiger partial charge is 0.396 e. The Labute approximate surface area is 93.7 Å². The third-order valence-corrected chi connectivity index (χ3v) is 3.18. The van der Waals surface area contributed by atoms with Gasteiger partial charge in [0.2, 0.25) is 0 Å². The molecule has 1 atom stereocenters. The second-order valence-corrected chi connectivity index (χ2v) is 4.64. The quantitative estimate of drug-likeness (QED) is 0.778. The van der Waals surface area contributed by atoms with E-state index in [0.717, 1.165) is 10.5 Å². The number of thioether (sulfide) groups is 1. The molecule has 0 aliphatic rings. The average Bonchev–Trinajstić information content (AvgIpc) is 2.19. The van der Waals surface area contributed by atoms with Gasteiger partial charge < -0.3 is 10.8 Å². The van der Waals surface area contributed by atoms with Crippen LogP contribution in [0.3, 0.4) is 0 Å². The minimum atomic E-state index is -0.226. The second-order valence-electron chi connectivity index (χ2n) is 3.50. The number of aliphatic hydroxyl groups excluding tert-OH is 1. The van der Waals surface area contributed by atoms with Crippen molar-refractivity contribution < 1.29 is 9.50 Å². The Bertz CT molecular complexity index is 342. The van der Waals surface area contributed by atoms with Gasteiger partial charge in [-0.15, -0.1) is 11.8 Å². The Morgan fingerprint density at radius 3 is 2.73 bits per heavy atom. The molecule has 1 rings (SSSR count). The number of rotatable bonds is 4. The first-order valence-electron chi connectivity index (χ1n) is 4.85. The van der Waals surface area contributed by atoms with Crippen molar-refractivity contribution >= 4 is 11.8 Å². The van der Waals surface area contributed by atoms with Crippen LogP contribution in [-0.2, 0) is 0 Å². The molecular weight excluding hydrogens is 213 g/mol. The standard InChI is InChI=1S/C11H16FNOS/c1-7-5-11(15-4-3-14)9(8(2)13)6-10(7)12/h5-6,8,14H,3-4,13H2,1-2H3/t8-/m1/s1. The van der Waals surface area contributed by atoms with Gasteiger partial charge in [-0.25, -0.2) is 4.39 Å². The second kappa shape index (κ2) is 5.49. The molecule has 0 saturated heterocycles. The third kappa shape index (κ3) is 3.19. The molecular formula is C11H16FNOS. The van der Waals surface area contributed by atoms with Crippen LogP contribution in [0, 0.1) is 12.7 Å². The van der Waals surface area contributed by atoms with Crippen molar-refractivity contribution in [1.82, 2.24) is 0 Å². The van der Waals surface area contributed by atoms with Crippen LogP contribution in [0.2, 0.25) is 0 Å². The molecule has 3 N–H and O–H groups in total. The molecule has 4 heteroatoms. The lowest BCUT2D eigenvalue weighted by Gasteiger charge is -2.13. The monoisotopic (exact) mass is 229 g/mol. The molecule has 0 unspecified atom stereocenters. The molecule has 84 valence electrons. The van der Waals surface area contributed by atoms with Gasteiger partial charge in [-0.3, -0.25) is 0 Å². The van der Waals surface area contributed by atoms with Gasteiger partial charge in [0.25, 0.3) is 0 Å². The molecule has 0 radical (unpaired) electrons. The van der Waals surface area contributed by atoms with Crippen LogP contribution in [0.5, 0.6) is 0 Å². The van der Waals surface area contributed by atoms with Crippen molar-refractivity contribution in [2.24, 2.45) is 5.73 Å². The molecule has 0 aliphatic carbocycles. The lowest BCUT2D eigenvalue weighted by atomic mass is 10.1. The first-order valence-corrected chi connectivity index (χ1v) is 5.84. The Balaban J connectivity index is 3.04. The lowest BCUT2D eigenvalue weighted by Crippen LogP contribution is -2.08. The number of aryl methyl sites for hydroxylation is 1. The van der Waals surface area contributed by atoms with Gasteiger partial charge in [-0.2, -0.15) is 0 Å². The highest BCUT2D eigenvalue weighted by atomic mass is 32.2. The Hall–Kier alpha value is -0.580. The Morgan fingerprint density at radius 2 is 2.20 bits per heavy atom. The van der Waals surface area contributed by atoms with E-state index >= 15 is 0 Å². The number of halogens is 1. The van der Waals surface area contributed by atoms with Crippen molar-refractivity contribution in [2.75, 3.05) is 12.4 Å². The third-order valence-electron chi connectivity index (χ3n) is 2.13. The summed E-state index contributed by atoms with van der Waals surface area (Å²) in [4.78, 5) is 0.956. The summed E-state index contributed by atoms with van der Waals surface area (Å²) in [5, 5.41) is 8.75. The van der Waals surface area contributed by atoms with E-state index in [4.69, 9.17) is 10.8 Å². The normalized spacial score (nSPS) is 12.9. The first kappa shape index (κ1) is 12.5. The summed E-state index contributed by atoms with van der Waals surface area (Å²) >= 11 is 1.50. The molecule has 0 bridgehead atoms. The topological polar surface area (TPSA) is 46.2 Å². The van der Waals surface area contributed by atoms with Crippen LogP contribution < -0.4 is 5.73 Å². The molecule has 1 aromatic carbocycles. The summed E-state index contributed by atoms with van der Waals surface area (Å²) < 4.78 is 13.3. The molecule has 0 saturated carbocycles. The number of hydrogen-bond acceptors (Lipinski definition) is 3. The van der Waals surface area contributed by atoms with Crippen molar-refractivity contribution in [2.45, 2.75) is 24.8 Å². The molecule has 15 heavy (non-hydrogen) atoms. The minimum Gasteiger partial charge on any atom is -0.396 e. The van der Waals surface area contributed by atoms with Crippen LogP contribution in [0.25, 0.3) is 0 Å². The van der Waals surface area contributed by atoms with E-state index in [2.05, 4.69) is 0 Å². The van der Waals surface area contributed by atoms with Crippen molar-refractivity contribution in [3.05, 3.63) is 29.1 Å². The SMILES string of the molecule is Cc1cc(SCCO)c([C@@H](C)N)cc1F. The minimum absolute atomic E-state index is 0.111. The zero-order chi connectivity index (χ0) is 11.4. The van der Waals surface area contributed by atoms with E-state index in [1.807, 2.05) is 6.92 Å². The fourth-order valence-corrected chi connectivity index (χ4v) is 2.29. The number of nitrogens with two attached hydrogens (primary N) is 1. The first-order chi connectivity index (χ1) is 7.06. The summed E-state index contributed by atoms with van der Waals surface area (Å²) in [6.45, 7) is 3.66. The highest BCUT2D eigenvalue weighted by molar-refractivity contribution is 7.99. The van der Waals surface area contributed by atoms with E-state index in [-0.39, 0.29) is 18.5 Å². The summed E-state index contributed by atoms with van der Waals surface area (Å²) in [6, 6.07) is 3.08. The van der Waals surface area contributed by atoms with Crippen LogP contribution in [0.15, 0.2) is 17.0 Å². The van der Waals surface area contributed by atoms with Crippen LogP contribution in [0.4, 0.5) is 4.39 Å². The van der Waals surface area contributed by atoms with E-state index in [0.29, 0.717) is 11.3 Å². The summed E-state index contributed by atoms with van der Waals surface area (Å²) in [5.41, 5.74) is 7.18. The van der Waals surface area contributed by atoms with Gasteiger partial charge in [-0.05, 0) is 37.1 Å². The van der Waals surface area contributed by atoms with Gasteiger partial charge in [0.15, 0.2) is 0 Å². The molecule has 0 aromatic heterocycles. The number of aliphatic hydroxyl groups is 1. The zero-order valence-corrected chi connectivity index (χ0v) is 9.77.